The summed E-state index contributed by atoms with van der Waals surface area (Å²) in [5.41, 5.74) is 2.76. The molecule has 1 atom stereocenters. The zero-order valence-electron chi connectivity index (χ0n) is 17.3. The third-order valence-electron chi connectivity index (χ3n) is 5.28. The van der Waals surface area contributed by atoms with Gasteiger partial charge in [-0.15, -0.1) is 0 Å². The van der Waals surface area contributed by atoms with E-state index in [9.17, 15) is 14.0 Å². The minimum absolute atomic E-state index is 0.159. The van der Waals surface area contributed by atoms with Gasteiger partial charge in [-0.25, -0.2) is 9.38 Å². The van der Waals surface area contributed by atoms with Crippen LogP contribution in [0.15, 0.2) is 46.6 Å². The van der Waals surface area contributed by atoms with Crippen LogP contribution in [0.4, 0.5) is 4.39 Å². The van der Waals surface area contributed by atoms with Crippen molar-refractivity contribution in [2.45, 2.75) is 18.4 Å². The number of carbonyl (C=O) groups is 2. The van der Waals surface area contributed by atoms with E-state index in [1.54, 1.807) is 6.20 Å². The van der Waals surface area contributed by atoms with Crippen molar-refractivity contribution in [3.8, 4) is 11.8 Å². The molecule has 8 nitrogen and oxygen atoms in total. The first-order valence-corrected chi connectivity index (χ1v) is 10.3. The van der Waals surface area contributed by atoms with Crippen LogP contribution in [0.1, 0.15) is 35.1 Å². The highest BCUT2D eigenvalue weighted by molar-refractivity contribution is 6.66. The fourth-order valence-electron chi connectivity index (χ4n) is 3.38. The molecule has 9 heteroatoms. The summed E-state index contributed by atoms with van der Waals surface area (Å²) in [6, 6.07) is 7.92. The molecule has 2 aromatic rings. The first kappa shape index (κ1) is 21.7. The molecule has 1 fully saturated rings. The lowest BCUT2D eigenvalue weighted by atomic mass is 9.91. The van der Waals surface area contributed by atoms with Crippen LogP contribution in [0.2, 0.25) is 0 Å². The number of nitrogens with one attached hydrogen (secondary N) is 1. The lowest BCUT2D eigenvalue weighted by molar-refractivity contribution is -0.132. The van der Waals surface area contributed by atoms with Gasteiger partial charge >= 0.3 is 5.91 Å². The van der Waals surface area contributed by atoms with E-state index >= 15 is 0 Å². The second-order valence-electron chi connectivity index (χ2n) is 7.52. The normalized spacial score (nSPS) is 16.8. The topological polar surface area (TPSA) is 97.9 Å². The van der Waals surface area contributed by atoms with Crippen LogP contribution in [-0.4, -0.2) is 66.5 Å². The van der Waals surface area contributed by atoms with Crippen molar-refractivity contribution in [3.05, 3.63) is 53.3 Å². The molecule has 2 aliphatic rings. The molecule has 1 unspecified atom stereocenters. The molecule has 1 aromatic heterocycles. The van der Waals surface area contributed by atoms with Gasteiger partial charge in [0.1, 0.15) is 13.0 Å². The molecule has 164 valence electrons. The maximum absolute atomic E-state index is 12.5. The molecule has 3 heterocycles. The quantitative estimate of drug-likeness (QED) is 0.385. The number of hydrogen-bond donors (Lipinski definition) is 1. The standard InChI is InChI=1S/C23H22FN5O3/c24-7-8-25-11-19(9-21-22(30)23(31)27-15-26-21)18-5-3-16(4-6-18)1-2-17-10-28-29(12-17)20-13-32-14-20/h3-6,10,12,15,19-20,25H,7-9,11,13-14H2. The number of halogens is 1. The maximum atomic E-state index is 12.5. The molecular weight excluding hydrogens is 413 g/mol. The van der Waals surface area contributed by atoms with Crippen molar-refractivity contribution < 1.29 is 18.7 Å². The van der Waals surface area contributed by atoms with E-state index in [2.05, 4.69) is 32.2 Å². The first-order valence-electron chi connectivity index (χ1n) is 10.3. The Kier molecular flexibility index (Phi) is 6.94. The van der Waals surface area contributed by atoms with E-state index < -0.39 is 18.4 Å². The van der Waals surface area contributed by atoms with Gasteiger partial charge in [0.15, 0.2) is 0 Å². The summed E-state index contributed by atoms with van der Waals surface area (Å²) < 4.78 is 19.6. The SMILES string of the molecule is O=C1N=CN=C(CC(CNCCF)c2ccc(C#Cc3cnn(C4COC4)c3)cc2)C1=O. The van der Waals surface area contributed by atoms with E-state index in [1.807, 2.05) is 35.1 Å². The Morgan fingerprint density at radius 2 is 1.97 bits per heavy atom. The van der Waals surface area contributed by atoms with Gasteiger partial charge in [-0.2, -0.15) is 10.1 Å². The Labute approximate surface area is 184 Å². The third kappa shape index (κ3) is 5.22. The first-order chi connectivity index (χ1) is 15.6. The summed E-state index contributed by atoms with van der Waals surface area (Å²) in [7, 11) is 0. The fraction of sp³-hybridized carbons (Fsp3) is 0.348. The second kappa shape index (κ2) is 10.2. The lowest BCUT2D eigenvalue weighted by Crippen LogP contribution is -2.31. The Hall–Kier alpha value is -3.48. The number of ketones is 1. The van der Waals surface area contributed by atoms with Crippen LogP contribution < -0.4 is 5.32 Å². The van der Waals surface area contributed by atoms with E-state index in [0.717, 1.165) is 23.0 Å². The summed E-state index contributed by atoms with van der Waals surface area (Å²) in [6.45, 7) is 1.52. The number of hydrogen-bond acceptors (Lipinski definition) is 6. The molecule has 0 spiro atoms. The van der Waals surface area contributed by atoms with E-state index in [0.29, 0.717) is 19.8 Å². The van der Waals surface area contributed by atoms with E-state index in [4.69, 9.17) is 4.74 Å². The molecule has 1 N–H and O–H groups in total. The summed E-state index contributed by atoms with van der Waals surface area (Å²) in [5, 5.41) is 7.34. The maximum Gasteiger partial charge on any atom is 0.320 e. The number of aliphatic imine (C=N–C) groups is 2. The largest absolute Gasteiger partial charge is 0.377 e. The molecule has 0 radical (unpaired) electrons. The van der Waals surface area contributed by atoms with Crippen LogP contribution >= 0.6 is 0 Å². The van der Waals surface area contributed by atoms with E-state index in [-0.39, 0.29) is 30.6 Å². The van der Waals surface area contributed by atoms with Crippen molar-refractivity contribution in [2.75, 3.05) is 33.0 Å². The second-order valence-corrected chi connectivity index (χ2v) is 7.52. The van der Waals surface area contributed by atoms with Gasteiger partial charge in [0, 0.05) is 37.2 Å². The average molecular weight is 435 g/mol. The minimum Gasteiger partial charge on any atom is -0.377 e. The average Bonchev–Trinajstić information content (AvgIpc) is 3.22. The number of carbonyl (C=O) groups excluding carboxylic acids is 2. The predicted octanol–water partition coefficient (Wildman–Crippen LogP) is 1.47. The van der Waals surface area contributed by atoms with Crippen LogP contribution in [0, 0.1) is 11.8 Å². The van der Waals surface area contributed by atoms with Crippen molar-refractivity contribution in [1.82, 2.24) is 15.1 Å². The number of ether oxygens (including phenoxy) is 1. The molecule has 4 rings (SSSR count). The molecular formula is C23H22FN5O3. The zero-order valence-corrected chi connectivity index (χ0v) is 17.3. The molecule has 0 bridgehead atoms. The van der Waals surface area contributed by atoms with Gasteiger partial charge in [0.2, 0.25) is 0 Å². The van der Waals surface area contributed by atoms with Crippen molar-refractivity contribution >= 4 is 23.7 Å². The molecule has 1 saturated heterocycles. The molecule has 1 amide bonds. The van der Waals surface area contributed by atoms with Gasteiger partial charge in [-0.05, 0) is 17.7 Å². The third-order valence-corrected chi connectivity index (χ3v) is 5.28. The summed E-state index contributed by atoms with van der Waals surface area (Å²) in [6.07, 6.45) is 5.00. The van der Waals surface area contributed by atoms with Crippen LogP contribution in [0.3, 0.4) is 0 Å². The Morgan fingerprint density at radius 3 is 2.69 bits per heavy atom. The number of benzene rings is 1. The van der Waals surface area contributed by atoms with Gasteiger partial charge in [-0.3, -0.25) is 14.3 Å². The van der Waals surface area contributed by atoms with Gasteiger partial charge in [-0.1, -0.05) is 24.0 Å². The smallest absolute Gasteiger partial charge is 0.320 e. The number of amides is 1. The van der Waals surface area contributed by atoms with Crippen LogP contribution in [0.5, 0.6) is 0 Å². The molecule has 0 aliphatic carbocycles. The number of Topliss-reactive ketones (excluding diaryl/α,β-unsaturated/α-hetero) is 1. The van der Waals surface area contributed by atoms with E-state index in [1.165, 1.54) is 0 Å². The van der Waals surface area contributed by atoms with Crippen LogP contribution in [0.25, 0.3) is 0 Å². The highest BCUT2D eigenvalue weighted by Crippen LogP contribution is 2.22. The van der Waals surface area contributed by atoms with Gasteiger partial charge in [0.05, 0.1) is 36.7 Å². The molecule has 1 aromatic carbocycles. The lowest BCUT2D eigenvalue weighted by Gasteiger charge is -2.25. The van der Waals surface area contributed by atoms with Gasteiger partial charge < -0.3 is 10.1 Å². The number of rotatable bonds is 8. The van der Waals surface area contributed by atoms with Crippen molar-refractivity contribution in [1.29, 1.82) is 0 Å². The number of nitrogens with zero attached hydrogens (tertiary/aromatic N) is 4. The summed E-state index contributed by atoms with van der Waals surface area (Å²) in [5.74, 6) is 4.56. The predicted molar refractivity (Wildman–Crippen MR) is 117 cm³/mol. The molecule has 0 saturated carbocycles. The number of alkyl halides is 1. The van der Waals surface area contributed by atoms with Crippen LogP contribution in [-0.2, 0) is 14.3 Å². The Morgan fingerprint density at radius 1 is 1.19 bits per heavy atom. The highest BCUT2D eigenvalue weighted by Gasteiger charge is 2.26. The summed E-state index contributed by atoms with van der Waals surface area (Å²) in [4.78, 5) is 31.0. The fourth-order valence-corrected chi connectivity index (χ4v) is 3.38. The van der Waals surface area contributed by atoms with Crippen molar-refractivity contribution in [2.24, 2.45) is 9.98 Å². The zero-order chi connectivity index (χ0) is 22.3. The number of aromatic nitrogens is 2. The Balaban J connectivity index is 1.45. The molecule has 2 aliphatic heterocycles. The summed E-state index contributed by atoms with van der Waals surface area (Å²) >= 11 is 0. The van der Waals surface area contributed by atoms with Crippen molar-refractivity contribution in [3.63, 3.8) is 0 Å². The monoisotopic (exact) mass is 435 g/mol. The van der Waals surface area contributed by atoms with Gasteiger partial charge in [0.25, 0.3) is 5.78 Å². The Bertz CT molecular complexity index is 1110. The molecule has 32 heavy (non-hydrogen) atoms. The minimum atomic E-state index is -0.816. The highest BCUT2D eigenvalue weighted by atomic mass is 19.1.